The van der Waals surface area contributed by atoms with E-state index in [4.69, 9.17) is 18.9 Å². The minimum absolute atomic E-state index is 0.169. The van der Waals surface area contributed by atoms with Crippen molar-refractivity contribution in [3.8, 4) is 34.3 Å². The van der Waals surface area contributed by atoms with E-state index in [0.717, 1.165) is 5.56 Å². The summed E-state index contributed by atoms with van der Waals surface area (Å²) in [6.45, 7) is 2.63. The van der Waals surface area contributed by atoms with E-state index < -0.39 is 0 Å². The molecule has 0 radical (unpaired) electrons. The SMILES string of the molecule is CCOc1ccccc1OCC(=O)NCCn1nc(-c2ccc(OC)c(OC)c2)ccc1=O. The number of amides is 1. The normalized spacial score (nSPS) is 10.4. The summed E-state index contributed by atoms with van der Waals surface area (Å²) >= 11 is 0. The molecular formula is C24H27N3O6. The topological polar surface area (TPSA) is 101 Å². The summed E-state index contributed by atoms with van der Waals surface area (Å²) in [5.41, 5.74) is 1.10. The van der Waals surface area contributed by atoms with Crippen LogP contribution in [-0.2, 0) is 11.3 Å². The number of carbonyl (C=O) groups is 1. The molecule has 0 saturated carbocycles. The first kappa shape index (κ1) is 23.6. The molecule has 1 aromatic heterocycles. The highest BCUT2D eigenvalue weighted by Gasteiger charge is 2.10. The summed E-state index contributed by atoms with van der Waals surface area (Å²) in [4.78, 5) is 24.4. The molecule has 9 heteroatoms. The summed E-state index contributed by atoms with van der Waals surface area (Å²) in [5, 5.41) is 7.14. The molecule has 0 spiro atoms. The van der Waals surface area contributed by atoms with Crippen molar-refractivity contribution in [3.63, 3.8) is 0 Å². The monoisotopic (exact) mass is 453 g/mol. The quantitative estimate of drug-likeness (QED) is 0.476. The van der Waals surface area contributed by atoms with Gasteiger partial charge in [0.1, 0.15) is 0 Å². The molecule has 1 heterocycles. The Hall–Kier alpha value is -4.01. The van der Waals surface area contributed by atoms with Crippen LogP contribution in [0.3, 0.4) is 0 Å². The highest BCUT2D eigenvalue weighted by Crippen LogP contribution is 2.31. The van der Waals surface area contributed by atoms with Crippen LogP contribution in [0.15, 0.2) is 59.4 Å². The number of hydrogen-bond donors (Lipinski definition) is 1. The van der Waals surface area contributed by atoms with Gasteiger partial charge in [-0.25, -0.2) is 4.68 Å². The number of ether oxygens (including phenoxy) is 4. The zero-order valence-corrected chi connectivity index (χ0v) is 18.9. The Balaban J connectivity index is 1.58. The minimum atomic E-state index is -0.314. The first-order valence-electron chi connectivity index (χ1n) is 10.5. The van der Waals surface area contributed by atoms with Gasteiger partial charge in [0.2, 0.25) is 0 Å². The maximum atomic E-state index is 12.2. The van der Waals surface area contributed by atoms with Crippen LogP contribution in [-0.4, -0.2) is 49.7 Å². The molecular weight excluding hydrogens is 426 g/mol. The van der Waals surface area contributed by atoms with Gasteiger partial charge in [-0.05, 0) is 43.3 Å². The Labute approximate surface area is 191 Å². The van der Waals surface area contributed by atoms with E-state index in [-0.39, 0.29) is 31.2 Å². The molecule has 0 bridgehead atoms. The molecule has 0 aliphatic heterocycles. The fourth-order valence-electron chi connectivity index (χ4n) is 3.10. The number of rotatable bonds is 11. The van der Waals surface area contributed by atoms with Crippen molar-refractivity contribution in [2.75, 3.05) is 34.0 Å². The van der Waals surface area contributed by atoms with Gasteiger partial charge in [0, 0.05) is 18.2 Å². The molecule has 174 valence electrons. The van der Waals surface area contributed by atoms with Crippen molar-refractivity contribution in [2.45, 2.75) is 13.5 Å². The second kappa shape index (κ2) is 11.6. The Morgan fingerprint density at radius 1 is 0.939 bits per heavy atom. The van der Waals surface area contributed by atoms with Crippen LogP contribution >= 0.6 is 0 Å². The number of hydrogen-bond acceptors (Lipinski definition) is 7. The third-order valence-electron chi connectivity index (χ3n) is 4.70. The summed E-state index contributed by atoms with van der Waals surface area (Å²) in [5.74, 6) is 1.92. The highest BCUT2D eigenvalue weighted by atomic mass is 16.5. The van der Waals surface area contributed by atoms with E-state index in [1.807, 2.05) is 19.1 Å². The second-order valence-electron chi connectivity index (χ2n) is 6.87. The van der Waals surface area contributed by atoms with Gasteiger partial charge < -0.3 is 24.3 Å². The number of nitrogens with one attached hydrogen (secondary N) is 1. The van der Waals surface area contributed by atoms with Gasteiger partial charge in [-0.3, -0.25) is 9.59 Å². The molecule has 2 aromatic carbocycles. The summed E-state index contributed by atoms with van der Waals surface area (Å²) in [6.07, 6.45) is 0. The van der Waals surface area contributed by atoms with Gasteiger partial charge in [0.15, 0.2) is 29.6 Å². The third-order valence-corrected chi connectivity index (χ3v) is 4.70. The lowest BCUT2D eigenvalue weighted by Gasteiger charge is -2.12. The molecule has 0 fully saturated rings. The molecule has 0 atom stereocenters. The van der Waals surface area contributed by atoms with Crippen molar-refractivity contribution >= 4 is 5.91 Å². The average Bonchev–Trinajstić information content (AvgIpc) is 2.84. The van der Waals surface area contributed by atoms with E-state index >= 15 is 0 Å². The lowest BCUT2D eigenvalue weighted by molar-refractivity contribution is -0.123. The van der Waals surface area contributed by atoms with Gasteiger partial charge in [0.25, 0.3) is 11.5 Å². The Morgan fingerprint density at radius 3 is 2.36 bits per heavy atom. The predicted octanol–water partition coefficient (Wildman–Crippen LogP) is 2.52. The van der Waals surface area contributed by atoms with E-state index in [9.17, 15) is 9.59 Å². The molecule has 3 rings (SSSR count). The van der Waals surface area contributed by atoms with Crippen LogP contribution < -0.4 is 29.8 Å². The number of para-hydroxylation sites is 2. The average molecular weight is 453 g/mol. The number of carbonyl (C=O) groups excluding carboxylic acids is 1. The Bertz CT molecular complexity index is 1150. The van der Waals surface area contributed by atoms with Gasteiger partial charge in [-0.15, -0.1) is 0 Å². The highest BCUT2D eigenvalue weighted by molar-refractivity contribution is 5.77. The summed E-state index contributed by atoms with van der Waals surface area (Å²) < 4.78 is 22.9. The molecule has 9 nitrogen and oxygen atoms in total. The zero-order valence-electron chi connectivity index (χ0n) is 18.9. The largest absolute Gasteiger partial charge is 0.493 e. The second-order valence-corrected chi connectivity index (χ2v) is 6.87. The maximum absolute atomic E-state index is 12.2. The van der Waals surface area contributed by atoms with Crippen molar-refractivity contribution in [1.29, 1.82) is 0 Å². The van der Waals surface area contributed by atoms with Crippen molar-refractivity contribution in [2.24, 2.45) is 0 Å². The predicted molar refractivity (Wildman–Crippen MR) is 123 cm³/mol. The van der Waals surface area contributed by atoms with Crippen LogP contribution in [0.4, 0.5) is 0 Å². The van der Waals surface area contributed by atoms with Gasteiger partial charge in [0.05, 0.1) is 33.1 Å². The standard InChI is InChI=1S/C24H27N3O6/c1-4-32-20-7-5-6-8-21(20)33-16-23(28)25-13-14-27-24(29)12-10-18(26-27)17-9-11-19(30-2)22(15-17)31-3/h5-12,15H,4,13-14,16H2,1-3H3,(H,25,28). The molecule has 0 aliphatic rings. The molecule has 0 unspecified atom stereocenters. The van der Waals surface area contributed by atoms with Gasteiger partial charge in [-0.1, -0.05) is 12.1 Å². The smallest absolute Gasteiger partial charge is 0.266 e. The molecule has 3 aromatic rings. The number of aromatic nitrogens is 2. The van der Waals surface area contributed by atoms with Crippen LogP contribution in [0.1, 0.15) is 6.92 Å². The van der Waals surface area contributed by atoms with E-state index in [2.05, 4.69) is 10.4 Å². The number of methoxy groups -OCH3 is 2. The van der Waals surface area contributed by atoms with Crippen LogP contribution in [0, 0.1) is 0 Å². The Kier molecular flexibility index (Phi) is 8.29. The summed E-state index contributed by atoms with van der Waals surface area (Å²) in [7, 11) is 3.12. The first-order valence-corrected chi connectivity index (χ1v) is 10.5. The molecule has 1 N–H and O–H groups in total. The van der Waals surface area contributed by atoms with Crippen molar-refractivity contribution in [3.05, 3.63) is 65.0 Å². The van der Waals surface area contributed by atoms with E-state index in [1.165, 1.54) is 10.7 Å². The van der Waals surface area contributed by atoms with Crippen LogP contribution in [0.2, 0.25) is 0 Å². The third kappa shape index (κ3) is 6.25. The van der Waals surface area contributed by atoms with Crippen molar-refractivity contribution < 1.29 is 23.7 Å². The molecule has 0 saturated heterocycles. The molecule has 0 aliphatic carbocycles. The van der Waals surface area contributed by atoms with E-state index in [1.54, 1.807) is 50.6 Å². The number of benzene rings is 2. The minimum Gasteiger partial charge on any atom is -0.493 e. The fourth-order valence-corrected chi connectivity index (χ4v) is 3.10. The van der Waals surface area contributed by atoms with Crippen molar-refractivity contribution in [1.82, 2.24) is 15.1 Å². The lowest BCUT2D eigenvalue weighted by Crippen LogP contribution is -2.34. The van der Waals surface area contributed by atoms with Crippen LogP contribution in [0.25, 0.3) is 11.3 Å². The van der Waals surface area contributed by atoms with Gasteiger partial charge in [-0.2, -0.15) is 5.10 Å². The first-order chi connectivity index (χ1) is 16.0. The fraction of sp³-hybridized carbons (Fsp3) is 0.292. The van der Waals surface area contributed by atoms with E-state index in [0.29, 0.717) is 35.3 Å². The molecule has 33 heavy (non-hydrogen) atoms. The molecule has 1 amide bonds. The van der Waals surface area contributed by atoms with Gasteiger partial charge >= 0.3 is 0 Å². The zero-order chi connectivity index (χ0) is 23.6. The number of nitrogens with zero attached hydrogens (tertiary/aromatic N) is 2. The Morgan fingerprint density at radius 2 is 1.67 bits per heavy atom. The van der Waals surface area contributed by atoms with Crippen LogP contribution in [0.5, 0.6) is 23.0 Å². The summed E-state index contributed by atoms with van der Waals surface area (Å²) in [6, 6.07) is 15.6. The maximum Gasteiger partial charge on any atom is 0.266 e. The lowest BCUT2D eigenvalue weighted by atomic mass is 10.1.